The zero-order valence-corrected chi connectivity index (χ0v) is 8.90. The topological polar surface area (TPSA) is 81.8 Å². The molecule has 1 amide bonds. The lowest BCUT2D eigenvalue weighted by atomic mass is 9.97. The van der Waals surface area contributed by atoms with Gasteiger partial charge in [0.05, 0.1) is 0 Å². The highest BCUT2D eigenvalue weighted by Gasteiger charge is 2.25. The van der Waals surface area contributed by atoms with E-state index in [0.717, 1.165) is 19.4 Å². The zero-order chi connectivity index (χ0) is 11.5. The fourth-order valence-electron chi connectivity index (χ4n) is 2.01. The van der Waals surface area contributed by atoms with Crippen molar-refractivity contribution in [3.8, 4) is 0 Å². The number of amides is 1. The summed E-state index contributed by atoms with van der Waals surface area (Å²) in [5, 5.41) is 6.24. The summed E-state index contributed by atoms with van der Waals surface area (Å²) in [5.41, 5.74) is -0.304. The van der Waals surface area contributed by atoms with Gasteiger partial charge in [0.1, 0.15) is 5.82 Å². The molecular formula is C10H14N4O2. The number of H-pyrrole nitrogens is 2. The molecule has 2 heterocycles. The van der Waals surface area contributed by atoms with Crippen LogP contribution in [0.25, 0.3) is 0 Å². The number of nitrogens with zero attached hydrogens (tertiary/aromatic N) is 2. The molecule has 1 saturated heterocycles. The van der Waals surface area contributed by atoms with Crippen LogP contribution in [0.4, 0.5) is 0 Å². The smallest absolute Gasteiger partial charge is 0.338 e. The summed E-state index contributed by atoms with van der Waals surface area (Å²) in [5.74, 6) is 0.672. The maximum absolute atomic E-state index is 11.5. The predicted molar refractivity (Wildman–Crippen MR) is 58.0 cm³/mol. The van der Waals surface area contributed by atoms with Crippen LogP contribution in [0.2, 0.25) is 0 Å². The third kappa shape index (κ3) is 2.05. The first-order chi connectivity index (χ1) is 7.70. The molecule has 0 aliphatic carbocycles. The highest BCUT2D eigenvalue weighted by atomic mass is 16.2. The first-order valence-corrected chi connectivity index (χ1v) is 5.26. The lowest BCUT2D eigenvalue weighted by Crippen LogP contribution is -2.38. The van der Waals surface area contributed by atoms with Gasteiger partial charge in [-0.1, -0.05) is 6.58 Å². The largest absolute Gasteiger partial charge is 0.340 e. The molecule has 16 heavy (non-hydrogen) atoms. The van der Waals surface area contributed by atoms with Crippen molar-refractivity contribution >= 4 is 5.91 Å². The SMILES string of the molecule is C=CC(=O)N1CCCC(c2n[nH]c(=O)[nH]2)C1. The van der Waals surface area contributed by atoms with Crippen LogP contribution >= 0.6 is 0 Å². The number of piperidine rings is 1. The lowest BCUT2D eigenvalue weighted by Gasteiger charge is -2.30. The summed E-state index contributed by atoms with van der Waals surface area (Å²) in [6.45, 7) is 4.80. The van der Waals surface area contributed by atoms with Crippen molar-refractivity contribution in [3.05, 3.63) is 29.0 Å². The molecule has 0 spiro atoms. The monoisotopic (exact) mass is 222 g/mol. The van der Waals surface area contributed by atoms with Gasteiger partial charge in [-0.05, 0) is 18.9 Å². The van der Waals surface area contributed by atoms with E-state index in [1.165, 1.54) is 6.08 Å². The second-order valence-electron chi connectivity index (χ2n) is 3.89. The molecular weight excluding hydrogens is 208 g/mol. The molecule has 0 aromatic carbocycles. The van der Waals surface area contributed by atoms with E-state index in [1.807, 2.05) is 0 Å². The van der Waals surface area contributed by atoms with E-state index in [1.54, 1.807) is 4.90 Å². The lowest BCUT2D eigenvalue weighted by molar-refractivity contribution is -0.127. The maximum atomic E-state index is 11.5. The molecule has 1 aliphatic heterocycles. The van der Waals surface area contributed by atoms with Gasteiger partial charge in [-0.3, -0.25) is 9.78 Å². The highest BCUT2D eigenvalue weighted by Crippen LogP contribution is 2.23. The van der Waals surface area contributed by atoms with E-state index >= 15 is 0 Å². The number of aromatic amines is 2. The Labute approximate surface area is 92.4 Å². The molecule has 0 saturated carbocycles. The van der Waals surface area contributed by atoms with Crippen LogP contribution in [0, 0.1) is 0 Å². The molecule has 86 valence electrons. The molecule has 1 aromatic heterocycles. The Morgan fingerprint density at radius 2 is 2.44 bits per heavy atom. The summed E-state index contributed by atoms with van der Waals surface area (Å²) < 4.78 is 0. The van der Waals surface area contributed by atoms with Gasteiger partial charge in [-0.2, -0.15) is 5.10 Å². The Morgan fingerprint density at radius 3 is 3.06 bits per heavy atom. The maximum Gasteiger partial charge on any atom is 0.340 e. The van der Waals surface area contributed by atoms with Gasteiger partial charge >= 0.3 is 5.69 Å². The van der Waals surface area contributed by atoms with Crippen molar-refractivity contribution in [1.29, 1.82) is 0 Å². The van der Waals surface area contributed by atoms with Crippen LogP contribution in [-0.4, -0.2) is 39.1 Å². The normalized spacial score (nSPS) is 20.8. The van der Waals surface area contributed by atoms with Crippen LogP contribution < -0.4 is 5.69 Å². The molecule has 1 atom stereocenters. The molecule has 6 nitrogen and oxygen atoms in total. The van der Waals surface area contributed by atoms with Crippen molar-refractivity contribution in [2.75, 3.05) is 13.1 Å². The molecule has 2 rings (SSSR count). The van der Waals surface area contributed by atoms with Crippen molar-refractivity contribution < 1.29 is 4.79 Å². The van der Waals surface area contributed by atoms with Crippen LogP contribution in [-0.2, 0) is 4.79 Å². The van der Waals surface area contributed by atoms with Gasteiger partial charge < -0.3 is 4.90 Å². The first kappa shape index (κ1) is 10.7. The van der Waals surface area contributed by atoms with Crippen molar-refractivity contribution in [3.63, 3.8) is 0 Å². The Morgan fingerprint density at radius 1 is 1.62 bits per heavy atom. The quantitative estimate of drug-likeness (QED) is 0.690. The van der Waals surface area contributed by atoms with Crippen molar-refractivity contribution in [2.24, 2.45) is 0 Å². The second kappa shape index (κ2) is 4.34. The molecule has 6 heteroatoms. The molecule has 2 N–H and O–H groups in total. The fraction of sp³-hybridized carbons (Fsp3) is 0.500. The predicted octanol–water partition coefficient (Wildman–Crippen LogP) is -0.0100. The van der Waals surface area contributed by atoms with Crippen molar-refractivity contribution in [2.45, 2.75) is 18.8 Å². The van der Waals surface area contributed by atoms with Gasteiger partial charge in [0.25, 0.3) is 0 Å². The number of hydrogen-bond acceptors (Lipinski definition) is 3. The van der Waals surface area contributed by atoms with E-state index in [0.29, 0.717) is 12.4 Å². The van der Waals surface area contributed by atoms with Crippen LogP contribution in [0.1, 0.15) is 24.6 Å². The molecule has 1 unspecified atom stereocenters. The molecule has 1 aromatic rings. The van der Waals surface area contributed by atoms with E-state index < -0.39 is 0 Å². The van der Waals surface area contributed by atoms with E-state index in [4.69, 9.17) is 0 Å². The van der Waals surface area contributed by atoms with Crippen LogP contribution in [0.5, 0.6) is 0 Å². The fourth-order valence-corrected chi connectivity index (χ4v) is 2.01. The summed E-state index contributed by atoms with van der Waals surface area (Å²) in [7, 11) is 0. The van der Waals surface area contributed by atoms with E-state index in [9.17, 15) is 9.59 Å². The minimum Gasteiger partial charge on any atom is -0.338 e. The highest BCUT2D eigenvalue weighted by molar-refractivity contribution is 5.87. The number of hydrogen-bond donors (Lipinski definition) is 2. The zero-order valence-electron chi connectivity index (χ0n) is 8.90. The van der Waals surface area contributed by atoms with Crippen LogP contribution in [0.15, 0.2) is 17.4 Å². The number of aromatic nitrogens is 3. The minimum absolute atomic E-state index is 0.0671. The Bertz CT molecular complexity index is 448. The molecule has 0 radical (unpaired) electrons. The van der Waals surface area contributed by atoms with Gasteiger partial charge in [0.2, 0.25) is 5.91 Å². The molecule has 1 aliphatic rings. The van der Waals surface area contributed by atoms with Crippen LogP contribution in [0.3, 0.4) is 0 Å². The summed E-state index contributed by atoms with van der Waals surface area (Å²) in [6, 6.07) is 0. The Hall–Kier alpha value is -1.85. The third-order valence-corrected chi connectivity index (χ3v) is 2.81. The van der Waals surface area contributed by atoms with Gasteiger partial charge in [-0.25, -0.2) is 9.89 Å². The summed E-state index contributed by atoms with van der Waals surface area (Å²) in [6.07, 6.45) is 3.16. The first-order valence-electron chi connectivity index (χ1n) is 5.26. The Kier molecular flexibility index (Phi) is 2.89. The standard InChI is InChI=1S/C10H14N4O2/c1-2-8(15)14-5-3-4-7(6-14)9-11-10(16)13-12-9/h2,7H,1,3-6H2,(H2,11,12,13,16). The number of carbonyl (C=O) groups is 1. The summed E-state index contributed by atoms with van der Waals surface area (Å²) >= 11 is 0. The van der Waals surface area contributed by atoms with Gasteiger partial charge in [-0.15, -0.1) is 0 Å². The average Bonchev–Trinajstić information content (AvgIpc) is 2.75. The average molecular weight is 222 g/mol. The van der Waals surface area contributed by atoms with E-state index in [-0.39, 0.29) is 17.5 Å². The molecule has 1 fully saturated rings. The van der Waals surface area contributed by atoms with Gasteiger partial charge in [0, 0.05) is 19.0 Å². The Balaban J connectivity index is 2.10. The molecule has 0 bridgehead atoms. The summed E-state index contributed by atoms with van der Waals surface area (Å²) in [4.78, 5) is 26.8. The second-order valence-corrected chi connectivity index (χ2v) is 3.89. The third-order valence-electron chi connectivity index (χ3n) is 2.81. The number of rotatable bonds is 2. The van der Waals surface area contributed by atoms with Crippen molar-refractivity contribution in [1.82, 2.24) is 20.1 Å². The van der Waals surface area contributed by atoms with E-state index in [2.05, 4.69) is 21.8 Å². The van der Waals surface area contributed by atoms with Gasteiger partial charge in [0.15, 0.2) is 0 Å². The number of likely N-dealkylation sites (tertiary alicyclic amines) is 1. The minimum atomic E-state index is -0.304. The number of carbonyl (C=O) groups excluding carboxylic acids is 1. The number of nitrogens with one attached hydrogen (secondary N) is 2.